The molecule has 0 aromatic carbocycles. The average molecular weight is 237 g/mol. The molecule has 4 heteroatoms. The Labute approximate surface area is 103 Å². The number of amides is 1. The van der Waals surface area contributed by atoms with Crippen molar-refractivity contribution in [3.8, 4) is 0 Å². The Balaban J connectivity index is 2.51. The molecule has 0 bridgehead atoms. The number of carbonyl (C=O) groups excluding carboxylic acids is 1. The summed E-state index contributed by atoms with van der Waals surface area (Å²) in [5.74, 6) is 0.0682. The summed E-state index contributed by atoms with van der Waals surface area (Å²) in [5, 5.41) is 6.13. The van der Waals surface area contributed by atoms with Gasteiger partial charge in [0.25, 0.3) is 0 Å². The molecule has 2 atom stereocenters. The summed E-state index contributed by atoms with van der Waals surface area (Å²) in [6.07, 6.45) is 4.91. The smallest absolute Gasteiger partial charge is 0.240 e. The molecule has 2 unspecified atom stereocenters. The second kappa shape index (κ2) is 6.45. The molecule has 1 heterocycles. The van der Waals surface area contributed by atoms with Crippen LogP contribution >= 0.6 is 0 Å². The zero-order valence-corrected chi connectivity index (χ0v) is 11.2. The Bertz CT molecular complexity index is 359. The lowest BCUT2D eigenvalue weighted by molar-refractivity contribution is -0.122. The van der Waals surface area contributed by atoms with E-state index in [2.05, 4.69) is 24.5 Å². The van der Waals surface area contributed by atoms with E-state index in [1.807, 2.05) is 37.0 Å². The van der Waals surface area contributed by atoms with Crippen molar-refractivity contribution < 1.29 is 4.79 Å². The monoisotopic (exact) mass is 237 g/mol. The number of hydrogen-bond acceptors (Lipinski definition) is 2. The summed E-state index contributed by atoms with van der Waals surface area (Å²) in [6, 6.07) is 2.60. The van der Waals surface area contributed by atoms with Crippen LogP contribution in [0.3, 0.4) is 0 Å². The molecule has 96 valence electrons. The molecule has 0 aliphatic rings. The quantitative estimate of drug-likeness (QED) is 0.791. The summed E-state index contributed by atoms with van der Waals surface area (Å²) in [4.78, 5) is 11.7. The number of carbonyl (C=O) groups is 1. The fraction of sp³-hybridized carbons (Fsp3) is 0.615. The minimum absolute atomic E-state index is 0.0682. The van der Waals surface area contributed by atoms with E-state index >= 15 is 0 Å². The molecule has 1 aromatic heterocycles. The normalized spacial score (nSPS) is 14.4. The third-order valence-corrected chi connectivity index (χ3v) is 3.05. The summed E-state index contributed by atoms with van der Waals surface area (Å²) in [6.45, 7) is 6.56. The molecule has 1 aromatic rings. The van der Waals surface area contributed by atoms with E-state index in [1.165, 1.54) is 5.56 Å². The van der Waals surface area contributed by atoms with Gasteiger partial charge in [0.05, 0.1) is 0 Å². The Morgan fingerprint density at radius 2 is 2.18 bits per heavy atom. The van der Waals surface area contributed by atoms with Crippen molar-refractivity contribution in [2.45, 2.75) is 45.8 Å². The summed E-state index contributed by atoms with van der Waals surface area (Å²) in [7, 11) is 1.93. The highest BCUT2D eigenvalue weighted by molar-refractivity contribution is 5.76. The minimum Gasteiger partial charge on any atom is -0.352 e. The van der Waals surface area contributed by atoms with Crippen LogP contribution in [0.2, 0.25) is 0 Å². The van der Waals surface area contributed by atoms with Gasteiger partial charge in [-0.1, -0.05) is 6.92 Å². The predicted molar refractivity (Wildman–Crippen MR) is 69.8 cm³/mol. The van der Waals surface area contributed by atoms with Crippen molar-refractivity contribution in [1.29, 1.82) is 0 Å². The van der Waals surface area contributed by atoms with Gasteiger partial charge in [-0.25, -0.2) is 0 Å². The molecule has 0 saturated heterocycles. The lowest BCUT2D eigenvalue weighted by Crippen LogP contribution is -2.34. The number of rotatable bonds is 6. The summed E-state index contributed by atoms with van der Waals surface area (Å²) in [5.41, 5.74) is 1.20. The van der Waals surface area contributed by atoms with Gasteiger partial charge in [-0.2, -0.15) is 0 Å². The summed E-state index contributed by atoms with van der Waals surface area (Å²) >= 11 is 0. The van der Waals surface area contributed by atoms with Gasteiger partial charge in [0.2, 0.25) is 5.91 Å². The van der Waals surface area contributed by atoms with E-state index in [-0.39, 0.29) is 11.9 Å². The van der Waals surface area contributed by atoms with Gasteiger partial charge in [-0.3, -0.25) is 4.79 Å². The van der Waals surface area contributed by atoms with Gasteiger partial charge in [-0.05, 0) is 38.9 Å². The minimum atomic E-state index is 0.0682. The molecule has 0 aliphatic carbocycles. The van der Waals surface area contributed by atoms with Gasteiger partial charge >= 0.3 is 0 Å². The van der Waals surface area contributed by atoms with E-state index in [0.29, 0.717) is 12.6 Å². The van der Waals surface area contributed by atoms with Crippen LogP contribution in [0.1, 0.15) is 38.8 Å². The second-order valence-electron chi connectivity index (χ2n) is 4.50. The van der Waals surface area contributed by atoms with E-state index in [9.17, 15) is 4.79 Å². The van der Waals surface area contributed by atoms with Crippen LogP contribution in [0.4, 0.5) is 0 Å². The van der Waals surface area contributed by atoms with Crippen LogP contribution in [0, 0.1) is 0 Å². The molecule has 17 heavy (non-hydrogen) atoms. The molecule has 1 amide bonds. The van der Waals surface area contributed by atoms with Crippen LogP contribution in [0.15, 0.2) is 18.5 Å². The average Bonchev–Trinajstić information content (AvgIpc) is 2.76. The van der Waals surface area contributed by atoms with Crippen molar-refractivity contribution in [2.75, 3.05) is 7.05 Å². The van der Waals surface area contributed by atoms with Crippen LogP contribution in [0.5, 0.6) is 0 Å². The van der Waals surface area contributed by atoms with Crippen molar-refractivity contribution in [1.82, 2.24) is 15.2 Å². The number of nitrogens with zero attached hydrogens (tertiary/aromatic N) is 1. The number of nitrogens with one attached hydrogen (secondary N) is 2. The van der Waals surface area contributed by atoms with E-state index < -0.39 is 0 Å². The molecule has 0 aliphatic heterocycles. The highest BCUT2D eigenvalue weighted by atomic mass is 16.2. The molecule has 1 rings (SSSR count). The molecule has 0 saturated carbocycles. The first-order chi connectivity index (χ1) is 8.06. The van der Waals surface area contributed by atoms with Crippen LogP contribution in [-0.4, -0.2) is 23.6 Å². The number of hydrogen-bond donors (Lipinski definition) is 2. The fourth-order valence-corrected chi connectivity index (χ4v) is 1.57. The van der Waals surface area contributed by atoms with Crippen molar-refractivity contribution in [3.63, 3.8) is 0 Å². The predicted octanol–water partition coefficient (Wildman–Crippen LogP) is 1.68. The first kappa shape index (κ1) is 13.8. The fourth-order valence-electron chi connectivity index (χ4n) is 1.57. The lowest BCUT2D eigenvalue weighted by Gasteiger charge is -2.11. The highest BCUT2D eigenvalue weighted by Gasteiger charge is 2.08. The first-order valence-electron chi connectivity index (χ1n) is 6.19. The Morgan fingerprint density at radius 3 is 2.76 bits per heavy atom. The lowest BCUT2D eigenvalue weighted by atomic mass is 10.2. The molecular weight excluding hydrogens is 214 g/mol. The molecular formula is C13H23N3O. The van der Waals surface area contributed by atoms with Crippen molar-refractivity contribution in [2.24, 2.45) is 0 Å². The maximum Gasteiger partial charge on any atom is 0.240 e. The second-order valence-corrected chi connectivity index (χ2v) is 4.50. The molecule has 0 spiro atoms. The Hall–Kier alpha value is -1.29. The van der Waals surface area contributed by atoms with Crippen molar-refractivity contribution >= 4 is 5.91 Å². The van der Waals surface area contributed by atoms with Gasteiger partial charge < -0.3 is 15.2 Å². The standard InChI is InChI=1S/C13H23N3O/c1-5-10(2)15-13(17)9-16-7-6-12(8-16)11(3)14-4/h6-8,10-11,14H,5,9H2,1-4H3,(H,15,17). The van der Waals surface area contributed by atoms with Gasteiger partial charge in [0, 0.05) is 24.5 Å². The Kier molecular flexibility index (Phi) is 5.22. The van der Waals surface area contributed by atoms with Gasteiger partial charge in [-0.15, -0.1) is 0 Å². The largest absolute Gasteiger partial charge is 0.352 e. The van der Waals surface area contributed by atoms with Gasteiger partial charge in [0.1, 0.15) is 6.54 Å². The molecule has 0 radical (unpaired) electrons. The SMILES string of the molecule is CCC(C)NC(=O)Cn1ccc(C(C)NC)c1. The van der Waals surface area contributed by atoms with Gasteiger partial charge in [0.15, 0.2) is 0 Å². The first-order valence-corrected chi connectivity index (χ1v) is 6.19. The maximum absolute atomic E-state index is 11.7. The third-order valence-electron chi connectivity index (χ3n) is 3.05. The maximum atomic E-state index is 11.7. The van der Waals surface area contributed by atoms with Crippen molar-refractivity contribution in [3.05, 3.63) is 24.0 Å². The topological polar surface area (TPSA) is 46.1 Å². The molecule has 4 nitrogen and oxygen atoms in total. The zero-order valence-electron chi connectivity index (χ0n) is 11.2. The highest BCUT2D eigenvalue weighted by Crippen LogP contribution is 2.11. The van der Waals surface area contributed by atoms with E-state index in [1.54, 1.807) is 0 Å². The molecule has 2 N–H and O–H groups in total. The third kappa shape index (κ3) is 4.23. The zero-order chi connectivity index (χ0) is 12.8. The molecule has 0 fully saturated rings. The van der Waals surface area contributed by atoms with E-state index in [4.69, 9.17) is 0 Å². The van der Waals surface area contributed by atoms with E-state index in [0.717, 1.165) is 6.42 Å². The summed E-state index contributed by atoms with van der Waals surface area (Å²) < 4.78 is 1.92. The number of aromatic nitrogens is 1. The van der Waals surface area contributed by atoms with Crippen LogP contribution in [-0.2, 0) is 11.3 Å². The van der Waals surface area contributed by atoms with Crippen LogP contribution < -0.4 is 10.6 Å². The van der Waals surface area contributed by atoms with Crippen LogP contribution in [0.25, 0.3) is 0 Å². The Morgan fingerprint density at radius 1 is 1.47 bits per heavy atom.